The third kappa shape index (κ3) is 2.37. The van der Waals surface area contributed by atoms with Crippen LogP contribution < -0.4 is 0 Å². The molecule has 18 heavy (non-hydrogen) atoms. The summed E-state index contributed by atoms with van der Waals surface area (Å²) in [4.78, 5) is 10.5. The first-order valence-corrected chi connectivity index (χ1v) is 5.33. The number of aliphatic carboxylic acids is 1. The van der Waals surface area contributed by atoms with Gasteiger partial charge in [0.2, 0.25) is 0 Å². The molecule has 0 atom stereocenters. The van der Waals surface area contributed by atoms with Crippen LogP contribution in [-0.2, 0) is 11.2 Å². The number of carboxylic acid groups (broad SMARTS) is 1. The fourth-order valence-corrected chi connectivity index (χ4v) is 1.73. The number of carbonyl (C=O) groups is 1. The quantitative estimate of drug-likeness (QED) is 0.905. The molecule has 0 amide bonds. The Balaban J connectivity index is 2.47. The number of halogens is 2. The summed E-state index contributed by atoms with van der Waals surface area (Å²) in [5.74, 6) is -3.31. The van der Waals surface area contributed by atoms with Gasteiger partial charge in [-0.15, -0.1) is 0 Å². The van der Waals surface area contributed by atoms with E-state index in [2.05, 4.69) is 0 Å². The Labute approximate surface area is 103 Å². The molecule has 0 spiro atoms. The monoisotopic (exact) mass is 248 g/mol. The lowest BCUT2D eigenvalue weighted by Crippen LogP contribution is -2.04. The lowest BCUT2D eigenvalue weighted by molar-refractivity contribution is -0.136. The second-order valence-electron chi connectivity index (χ2n) is 3.84. The van der Waals surface area contributed by atoms with Crippen LogP contribution in [0, 0.1) is 11.6 Å². The highest BCUT2D eigenvalue weighted by molar-refractivity contribution is 5.71. The van der Waals surface area contributed by atoms with Crippen molar-refractivity contribution < 1.29 is 18.7 Å². The van der Waals surface area contributed by atoms with E-state index in [1.807, 2.05) is 0 Å². The topological polar surface area (TPSA) is 37.3 Å². The predicted octanol–water partition coefficient (Wildman–Crippen LogP) is 3.26. The Morgan fingerprint density at radius 3 is 2.28 bits per heavy atom. The maximum absolute atomic E-state index is 13.8. The largest absolute Gasteiger partial charge is 0.481 e. The Morgan fingerprint density at radius 2 is 1.67 bits per heavy atom. The highest BCUT2D eigenvalue weighted by Gasteiger charge is 2.16. The van der Waals surface area contributed by atoms with E-state index in [1.54, 1.807) is 30.3 Å². The van der Waals surface area contributed by atoms with Gasteiger partial charge in [0.15, 0.2) is 11.6 Å². The molecular weight excluding hydrogens is 238 g/mol. The second kappa shape index (κ2) is 4.96. The van der Waals surface area contributed by atoms with Gasteiger partial charge < -0.3 is 5.11 Å². The van der Waals surface area contributed by atoms with Gasteiger partial charge in [0.05, 0.1) is 6.42 Å². The molecule has 2 nitrogen and oxygen atoms in total. The van der Waals surface area contributed by atoms with Crippen LogP contribution in [0.3, 0.4) is 0 Å². The molecule has 0 aromatic heterocycles. The smallest absolute Gasteiger partial charge is 0.307 e. The lowest BCUT2D eigenvalue weighted by atomic mass is 10.0. The van der Waals surface area contributed by atoms with Crippen LogP contribution in [0.4, 0.5) is 8.78 Å². The average molecular weight is 248 g/mol. The zero-order valence-corrected chi connectivity index (χ0v) is 9.36. The Morgan fingerprint density at radius 1 is 1.00 bits per heavy atom. The van der Waals surface area contributed by atoms with E-state index in [1.165, 1.54) is 12.1 Å². The van der Waals surface area contributed by atoms with Gasteiger partial charge in [0.1, 0.15) is 0 Å². The summed E-state index contributed by atoms with van der Waals surface area (Å²) in [5.41, 5.74) is 0.526. The Kier molecular flexibility index (Phi) is 3.37. The first kappa shape index (κ1) is 12.2. The molecule has 2 rings (SSSR count). The molecule has 1 N–H and O–H groups in total. The number of hydrogen-bond donors (Lipinski definition) is 1. The summed E-state index contributed by atoms with van der Waals surface area (Å²) in [6.07, 6.45) is -0.530. The van der Waals surface area contributed by atoms with E-state index < -0.39 is 24.0 Å². The van der Waals surface area contributed by atoms with Crippen LogP contribution in [0.25, 0.3) is 11.1 Å². The van der Waals surface area contributed by atoms with Crippen molar-refractivity contribution in [3.8, 4) is 11.1 Å². The van der Waals surface area contributed by atoms with Crippen LogP contribution >= 0.6 is 0 Å². The second-order valence-corrected chi connectivity index (χ2v) is 3.84. The molecule has 0 aliphatic carbocycles. The van der Waals surface area contributed by atoms with Gasteiger partial charge in [0.25, 0.3) is 0 Å². The predicted molar refractivity (Wildman–Crippen MR) is 63.1 cm³/mol. The molecule has 0 aliphatic rings. The number of benzene rings is 2. The van der Waals surface area contributed by atoms with E-state index in [0.29, 0.717) is 5.56 Å². The van der Waals surface area contributed by atoms with Crippen LogP contribution in [-0.4, -0.2) is 11.1 Å². The van der Waals surface area contributed by atoms with E-state index in [0.717, 1.165) is 0 Å². The highest BCUT2D eigenvalue weighted by Crippen LogP contribution is 2.26. The highest BCUT2D eigenvalue weighted by atomic mass is 19.2. The van der Waals surface area contributed by atoms with Gasteiger partial charge >= 0.3 is 5.97 Å². The van der Waals surface area contributed by atoms with Gasteiger partial charge in [-0.25, -0.2) is 8.78 Å². The van der Waals surface area contributed by atoms with Crippen molar-refractivity contribution in [2.75, 3.05) is 0 Å². The van der Waals surface area contributed by atoms with E-state index in [9.17, 15) is 13.6 Å². The fourth-order valence-electron chi connectivity index (χ4n) is 1.73. The molecule has 4 heteroatoms. The van der Waals surface area contributed by atoms with E-state index in [4.69, 9.17) is 5.11 Å². The average Bonchev–Trinajstić information content (AvgIpc) is 2.36. The van der Waals surface area contributed by atoms with Crippen LogP contribution in [0.1, 0.15) is 5.56 Å². The summed E-state index contributed by atoms with van der Waals surface area (Å²) >= 11 is 0. The van der Waals surface area contributed by atoms with Gasteiger partial charge in [-0.05, 0) is 5.56 Å². The van der Waals surface area contributed by atoms with Crippen LogP contribution in [0.2, 0.25) is 0 Å². The summed E-state index contributed by atoms with van der Waals surface area (Å²) in [6, 6.07) is 11.2. The van der Waals surface area contributed by atoms with Crippen molar-refractivity contribution in [1.29, 1.82) is 0 Å². The van der Waals surface area contributed by atoms with Crippen molar-refractivity contribution in [2.24, 2.45) is 0 Å². The van der Waals surface area contributed by atoms with Crippen molar-refractivity contribution in [3.05, 3.63) is 59.7 Å². The minimum Gasteiger partial charge on any atom is -0.481 e. The summed E-state index contributed by atoms with van der Waals surface area (Å²) in [6.45, 7) is 0. The van der Waals surface area contributed by atoms with Crippen molar-refractivity contribution in [1.82, 2.24) is 0 Å². The molecule has 2 aromatic carbocycles. The number of rotatable bonds is 3. The number of hydrogen-bond acceptors (Lipinski definition) is 1. The third-order valence-corrected chi connectivity index (χ3v) is 2.59. The molecule has 0 aliphatic heterocycles. The molecule has 2 aromatic rings. The molecule has 0 saturated carbocycles. The summed E-state index contributed by atoms with van der Waals surface area (Å²) in [5, 5.41) is 8.58. The van der Waals surface area contributed by atoms with Crippen molar-refractivity contribution in [2.45, 2.75) is 6.42 Å². The summed E-state index contributed by atoms with van der Waals surface area (Å²) < 4.78 is 27.5. The SMILES string of the molecule is O=C(O)Cc1ccc(-c2ccccc2)c(F)c1F. The normalized spacial score (nSPS) is 10.3. The Hall–Kier alpha value is -2.23. The minimum absolute atomic E-state index is 0.127. The first-order chi connectivity index (χ1) is 8.59. The van der Waals surface area contributed by atoms with E-state index >= 15 is 0 Å². The van der Waals surface area contributed by atoms with Gasteiger partial charge in [0, 0.05) is 11.1 Å². The third-order valence-electron chi connectivity index (χ3n) is 2.59. The number of carboxylic acids is 1. The fraction of sp³-hybridized carbons (Fsp3) is 0.0714. The molecule has 0 unspecified atom stereocenters. The molecule has 0 saturated heterocycles. The zero-order valence-electron chi connectivity index (χ0n) is 9.36. The standard InChI is InChI=1S/C14H10F2O2/c15-13-10(8-12(17)18)6-7-11(14(13)16)9-4-2-1-3-5-9/h1-7H,8H2,(H,17,18). The first-order valence-electron chi connectivity index (χ1n) is 5.33. The molecule has 0 heterocycles. The molecular formula is C14H10F2O2. The van der Waals surface area contributed by atoms with Crippen LogP contribution in [0.5, 0.6) is 0 Å². The van der Waals surface area contributed by atoms with E-state index in [-0.39, 0.29) is 11.1 Å². The van der Waals surface area contributed by atoms with Crippen LogP contribution in [0.15, 0.2) is 42.5 Å². The lowest BCUT2D eigenvalue weighted by Gasteiger charge is -2.07. The van der Waals surface area contributed by atoms with Gasteiger partial charge in [-0.3, -0.25) is 4.79 Å². The molecule has 0 radical (unpaired) electrons. The maximum Gasteiger partial charge on any atom is 0.307 e. The molecule has 0 bridgehead atoms. The maximum atomic E-state index is 13.8. The summed E-state index contributed by atoms with van der Waals surface area (Å²) in [7, 11) is 0. The minimum atomic E-state index is -1.19. The molecule has 0 fully saturated rings. The van der Waals surface area contributed by atoms with Gasteiger partial charge in [-0.2, -0.15) is 0 Å². The zero-order chi connectivity index (χ0) is 13.1. The Bertz CT molecular complexity index is 580. The van der Waals surface area contributed by atoms with Gasteiger partial charge in [-0.1, -0.05) is 42.5 Å². The van der Waals surface area contributed by atoms with Crippen molar-refractivity contribution in [3.63, 3.8) is 0 Å². The van der Waals surface area contributed by atoms with Crippen molar-refractivity contribution >= 4 is 5.97 Å². The molecule has 92 valence electrons.